The molecule has 1 aliphatic heterocycles. The lowest BCUT2D eigenvalue weighted by atomic mass is 10.1. The van der Waals surface area contributed by atoms with Gasteiger partial charge in [-0.1, -0.05) is 30.3 Å². The third kappa shape index (κ3) is 2.57. The van der Waals surface area contributed by atoms with E-state index in [0.29, 0.717) is 5.84 Å². The van der Waals surface area contributed by atoms with Gasteiger partial charge in [0, 0.05) is 13.1 Å². The normalized spacial score (nSPS) is 18.6. The predicted molar refractivity (Wildman–Crippen MR) is 60.9 cm³/mol. The maximum absolute atomic E-state index is 10.1. The molecule has 0 radical (unpaired) electrons. The molecule has 0 spiro atoms. The Kier molecular flexibility index (Phi) is 3.35. The number of rotatable bonds is 2. The highest BCUT2D eigenvalue weighted by Gasteiger charge is 2.15. The van der Waals surface area contributed by atoms with E-state index in [4.69, 9.17) is 0 Å². The lowest BCUT2D eigenvalue weighted by molar-refractivity contribution is 0.243. The molecule has 1 atom stereocenters. The Bertz CT molecular complexity index is 335. The summed E-state index contributed by atoms with van der Waals surface area (Å²) in [5, 5.41) is 13.3. The van der Waals surface area contributed by atoms with Crippen LogP contribution in [0.3, 0.4) is 0 Å². The van der Waals surface area contributed by atoms with E-state index in [2.05, 4.69) is 10.3 Å². The topological polar surface area (TPSA) is 44.6 Å². The van der Waals surface area contributed by atoms with Crippen LogP contribution in [-0.4, -0.2) is 24.0 Å². The number of nitrogens with one attached hydrogen (secondary N) is 1. The van der Waals surface area contributed by atoms with E-state index in [-0.39, 0.29) is 0 Å². The molecule has 0 aliphatic carbocycles. The van der Waals surface area contributed by atoms with Crippen molar-refractivity contribution in [2.45, 2.75) is 18.9 Å². The van der Waals surface area contributed by atoms with E-state index in [0.717, 1.165) is 31.5 Å². The molecule has 0 saturated carbocycles. The van der Waals surface area contributed by atoms with Gasteiger partial charge in [0.25, 0.3) is 0 Å². The SMILES string of the molecule is OC(C1=NCCCCN1)c1ccccc1. The second kappa shape index (κ2) is 4.94. The van der Waals surface area contributed by atoms with Gasteiger partial charge in [0.05, 0.1) is 0 Å². The number of aliphatic hydroxyl groups is 1. The van der Waals surface area contributed by atoms with Crippen molar-refractivity contribution in [2.24, 2.45) is 4.99 Å². The number of aliphatic imine (C=N–C) groups is 1. The Hall–Kier alpha value is -1.35. The minimum atomic E-state index is -0.607. The van der Waals surface area contributed by atoms with Gasteiger partial charge < -0.3 is 10.4 Å². The highest BCUT2D eigenvalue weighted by atomic mass is 16.3. The fraction of sp³-hybridized carbons (Fsp3) is 0.417. The summed E-state index contributed by atoms with van der Waals surface area (Å²) in [6, 6.07) is 9.63. The summed E-state index contributed by atoms with van der Waals surface area (Å²) in [5.74, 6) is 0.707. The van der Waals surface area contributed by atoms with Crippen LogP contribution in [0, 0.1) is 0 Å². The second-order valence-electron chi connectivity index (χ2n) is 3.71. The molecule has 0 bridgehead atoms. The number of benzene rings is 1. The molecule has 3 heteroatoms. The van der Waals surface area contributed by atoms with Gasteiger partial charge in [-0.25, -0.2) is 0 Å². The molecular weight excluding hydrogens is 188 g/mol. The van der Waals surface area contributed by atoms with Gasteiger partial charge in [0.15, 0.2) is 0 Å². The molecule has 2 rings (SSSR count). The summed E-state index contributed by atoms with van der Waals surface area (Å²) in [6.45, 7) is 1.72. The summed E-state index contributed by atoms with van der Waals surface area (Å²) < 4.78 is 0. The molecule has 0 saturated heterocycles. The first-order chi connectivity index (χ1) is 7.38. The largest absolute Gasteiger partial charge is 0.380 e. The van der Waals surface area contributed by atoms with Crippen LogP contribution in [-0.2, 0) is 0 Å². The molecule has 0 aromatic heterocycles. The number of amidine groups is 1. The van der Waals surface area contributed by atoms with Gasteiger partial charge in [-0.2, -0.15) is 0 Å². The summed E-state index contributed by atoms with van der Waals surface area (Å²) in [7, 11) is 0. The summed E-state index contributed by atoms with van der Waals surface area (Å²) in [6.07, 6.45) is 1.61. The molecule has 2 N–H and O–H groups in total. The lowest BCUT2D eigenvalue weighted by Crippen LogP contribution is -2.29. The van der Waals surface area contributed by atoms with Crippen LogP contribution in [0.15, 0.2) is 35.3 Å². The minimum absolute atomic E-state index is 0.607. The Labute approximate surface area is 89.9 Å². The smallest absolute Gasteiger partial charge is 0.136 e. The molecule has 0 fully saturated rings. The molecule has 1 aromatic carbocycles. The number of hydrogen-bond donors (Lipinski definition) is 2. The van der Waals surface area contributed by atoms with E-state index >= 15 is 0 Å². The van der Waals surface area contributed by atoms with Crippen LogP contribution < -0.4 is 5.32 Å². The molecule has 1 unspecified atom stereocenters. The quantitative estimate of drug-likeness (QED) is 0.766. The van der Waals surface area contributed by atoms with Gasteiger partial charge in [-0.15, -0.1) is 0 Å². The zero-order chi connectivity index (χ0) is 10.5. The highest BCUT2D eigenvalue weighted by Crippen LogP contribution is 2.14. The first kappa shape index (κ1) is 10.2. The van der Waals surface area contributed by atoms with Crippen LogP contribution in [0.5, 0.6) is 0 Å². The van der Waals surface area contributed by atoms with E-state index in [1.54, 1.807) is 0 Å². The third-order valence-corrected chi connectivity index (χ3v) is 2.55. The van der Waals surface area contributed by atoms with Gasteiger partial charge >= 0.3 is 0 Å². The van der Waals surface area contributed by atoms with E-state index < -0.39 is 6.10 Å². The Morgan fingerprint density at radius 3 is 2.80 bits per heavy atom. The molecule has 1 heterocycles. The van der Waals surface area contributed by atoms with Crippen molar-refractivity contribution in [3.63, 3.8) is 0 Å². The number of hydrogen-bond acceptors (Lipinski definition) is 3. The fourth-order valence-electron chi connectivity index (χ4n) is 1.69. The van der Waals surface area contributed by atoms with Crippen LogP contribution in [0.1, 0.15) is 24.5 Å². The molecule has 80 valence electrons. The number of aliphatic hydroxyl groups excluding tert-OH is 1. The van der Waals surface area contributed by atoms with Crippen molar-refractivity contribution < 1.29 is 5.11 Å². The Morgan fingerprint density at radius 2 is 2.00 bits per heavy atom. The van der Waals surface area contributed by atoms with Crippen LogP contribution >= 0.6 is 0 Å². The molecule has 3 nitrogen and oxygen atoms in total. The van der Waals surface area contributed by atoms with Gasteiger partial charge in [0.2, 0.25) is 0 Å². The van der Waals surface area contributed by atoms with Crippen LogP contribution in [0.4, 0.5) is 0 Å². The molecule has 1 aromatic rings. The zero-order valence-electron chi connectivity index (χ0n) is 8.69. The standard InChI is InChI=1S/C12H16N2O/c15-11(10-6-2-1-3-7-10)12-13-8-4-5-9-14-12/h1-3,6-7,11,15H,4-5,8-9H2,(H,13,14). The van der Waals surface area contributed by atoms with Gasteiger partial charge in [-0.05, 0) is 18.4 Å². The van der Waals surface area contributed by atoms with Crippen molar-refractivity contribution in [3.05, 3.63) is 35.9 Å². The summed E-state index contributed by atoms with van der Waals surface area (Å²) >= 11 is 0. The summed E-state index contributed by atoms with van der Waals surface area (Å²) in [5.41, 5.74) is 0.894. The average Bonchev–Trinajstić information content (AvgIpc) is 2.58. The lowest BCUT2D eigenvalue weighted by Gasteiger charge is -2.14. The molecular formula is C12H16N2O. The van der Waals surface area contributed by atoms with Crippen molar-refractivity contribution in [3.8, 4) is 0 Å². The van der Waals surface area contributed by atoms with Crippen molar-refractivity contribution in [1.29, 1.82) is 0 Å². The first-order valence-corrected chi connectivity index (χ1v) is 5.39. The van der Waals surface area contributed by atoms with E-state index in [1.165, 1.54) is 0 Å². The molecule has 1 aliphatic rings. The maximum Gasteiger partial charge on any atom is 0.136 e. The van der Waals surface area contributed by atoms with Gasteiger partial charge in [-0.3, -0.25) is 4.99 Å². The van der Waals surface area contributed by atoms with Gasteiger partial charge in [0.1, 0.15) is 11.9 Å². The fourth-order valence-corrected chi connectivity index (χ4v) is 1.69. The minimum Gasteiger partial charge on any atom is -0.380 e. The first-order valence-electron chi connectivity index (χ1n) is 5.39. The van der Waals surface area contributed by atoms with Crippen LogP contribution in [0.2, 0.25) is 0 Å². The Balaban J connectivity index is 2.13. The van der Waals surface area contributed by atoms with E-state index in [9.17, 15) is 5.11 Å². The zero-order valence-corrected chi connectivity index (χ0v) is 8.69. The Morgan fingerprint density at radius 1 is 1.20 bits per heavy atom. The maximum atomic E-state index is 10.1. The highest BCUT2D eigenvalue weighted by molar-refractivity contribution is 5.87. The van der Waals surface area contributed by atoms with Crippen molar-refractivity contribution >= 4 is 5.84 Å². The van der Waals surface area contributed by atoms with E-state index in [1.807, 2.05) is 30.3 Å². The van der Waals surface area contributed by atoms with Crippen molar-refractivity contribution in [1.82, 2.24) is 5.32 Å². The third-order valence-electron chi connectivity index (χ3n) is 2.55. The number of nitrogens with zero attached hydrogens (tertiary/aromatic N) is 1. The van der Waals surface area contributed by atoms with Crippen molar-refractivity contribution in [2.75, 3.05) is 13.1 Å². The van der Waals surface area contributed by atoms with Crippen LogP contribution in [0.25, 0.3) is 0 Å². The summed E-state index contributed by atoms with van der Waals surface area (Å²) in [4.78, 5) is 4.36. The average molecular weight is 204 g/mol. The molecule has 0 amide bonds. The second-order valence-corrected chi connectivity index (χ2v) is 3.71. The molecule has 15 heavy (non-hydrogen) atoms. The monoisotopic (exact) mass is 204 g/mol. The predicted octanol–water partition coefficient (Wildman–Crippen LogP) is 1.50.